The average molecular weight is 485 g/mol. The van der Waals surface area contributed by atoms with E-state index in [9.17, 15) is 14.7 Å². The number of aliphatic hydroxyl groups excluding tert-OH is 1. The summed E-state index contributed by atoms with van der Waals surface area (Å²) < 4.78 is 6.35. The minimum atomic E-state index is -0.346. The number of ether oxygens (including phenoxy) is 1. The first-order valence-corrected chi connectivity index (χ1v) is 13.2. The standard InChI is InChI=1S/C27H40N4O4/c1-18-15-31(19(2)17-32)26(33)23-13-21(20-9-5-4-6-10-20)14-28-25(23)35-24(18)16-30(3)27(34)29-22-11-7-8-12-22/h9,13-14,18-19,22,24,32H,4-8,10-12,15-17H2,1-3H3,(H,29,34)/t18-,19-,24-/m1/s1. The second-order valence-electron chi connectivity index (χ2n) is 10.5. The molecule has 3 amide bonds. The molecule has 3 aliphatic rings. The maximum Gasteiger partial charge on any atom is 0.317 e. The molecule has 1 aromatic heterocycles. The van der Waals surface area contributed by atoms with Crippen molar-refractivity contribution in [3.63, 3.8) is 0 Å². The summed E-state index contributed by atoms with van der Waals surface area (Å²) in [4.78, 5) is 34.4. The Morgan fingerprint density at radius 1 is 1.31 bits per heavy atom. The molecule has 2 N–H and O–H groups in total. The van der Waals surface area contributed by atoms with Gasteiger partial charge in [-0.05, 0) is 62.7 Å². The van der Waals surface area contributed by atoms with Crippen molar-refractivity contribution in [1.82, 2.24) is 20.1 Å². The van der Waals surface area contributed by atoms with Crippen molar-refractivity contribution in [3.8, 4) is 5.88 Å². The van der Waals surface area contributed by atoms with Gasteiger partial charge in [-0.2, -0.15) is 0 Å². The van der Waals surface area contributed by atoms with Crippen LogP contribution in [-0.4, -0.2) is 76.8 Å². The molecule has 1 aromatic rings. The molecule has 3 atom stereocenters. The van der Waals surface area contributed by atoms with Gasteiger partial charge in [0.2, 0.25) is 5.88 Å². The summed E-state index contributed by atoms with van der Waals surface area (Å²) >= 11 is 0. The van der Waals surface area contributed by atoms with Gasteiger partial charge in [-0.15, -0.1) is 0 Å². The van der Waals surface area contributed by atoms with E-state index in [2.05, 4.69) is 16.4 Å². The number of allylic oxidation sites excluding steroid dienone is 2. The normalized spacial score (nSPS) is 24.1. The van der Waals surface area contributed by atoms with Crippen LogP contribution in [0.1, 0.15) is 81.1 Å². The third kappa shape index (κ3) is 5.97. The fourth-order valence-electron chi connectivity index (χ4n) is 5.30. The Balaban J connectivity index is 1.59. The number of nitrogens with one attached hydrogen (secondary N) is 1. The van der Waals surface area contributed by atoms with E-state index in [1.54, 1.807) is 23.0 Å². The zero-order valence-corrected chi connectivity index (χ0v) is 21.3. The second kappa shape index (κ2) is 11.4. The number of carbonyl (C=O) groups is 2. The van der Waals surface area contributed by atoms with Gasteiger partial charge in [0.05, 0.1) is 19.2 Å². The molecular weight excluding hydrogens is 444 g/mol. The molecule has 1 saturated carbocycles. The molecular formula is C27H40N4O4. The van der Waals surface area contributed by atoms with E-state index in [1.165, 1.54) is 12.0 Å². The van der Waals surface area contributed by atoms with E-state index in [-0.39, 0.29) is 42.7 Å². The number of hydrogen-bond donors (Lipinski definition) is 2. The van der Waals surface area contributed by atoms with Crippen molar-refractivity contribution in [2.75, 3.05) is 26.7 Å². The van der Waals surface area contributed by atoms with Gasteiger partial charge in [0.1, 0.15) is 11.7 Å². The first kappa shape index (κ1) is 25.5. The molecule has 8 heteroatoms. The Labute approximate surface area is 208 Å². The minimum absolute atomic E-state index is 0.0645. The number of pyridine rings is 1. The fraction of sp³-hybridized carbons (Fsp3) is 0.667. The van der Waals surface area contributed by atoms with Gasteiger partial charge in [0, 0.05) is 31.7 Å². The van der Waals surface area contributed by atoms with E-state index in [0.29, 0.717) is 24.5 Å². The van der Waals surface area contributed by atoms with E-state index in [1.807, 2.05) is 19.9 Å². The number of likely N-dealkylation sites (N-methyl/N-ethyl adjacent to an activating group) is 1. The lowest BCUT2D eigenvalue weighted by Crippen LogP contribution is -2.52. The van der Waals surface area contributed by atoms with Crippen LogP contribution < -0.4 is 10.1 Å². The summed E-state index contributed by atoms with van der Waals surface area (Å²) in [5.74, 6) is 0.0572. The Kier molecular flexibility index (Phi) is 8.31. The Morgan fingerprint density at radius 3 is 2.77 bits per heavy atom. The van der Waals surface area contributed by atoms with Crippen LogP contribution in [0.3, 0.4) is 0 Å². The summed E-state index contributed by atoms with van der Waals surface area (Å²) in [5.41, 5.74) is 2.59. The van der Waals surface area contributed by atoms with E-state index >= 15 is 0 Å². The maximum atomic E-state index is 13.6. The fourth-order valence-corrected chi connectivity index (χ4v) is 5.30. The Morgan fingerprint density at radius 2 is 2.09 bits per heavy atom. The van der Waals surface area contributed by atoms with Crippen LogP contribution in [0.5, 0.6) is 5.88 Å². The predicted molar refractivity (Wildman–Crippen MR) is 135 cm³/mol. The summed E-state index contributed by atoms with van der Waals surface area (Å²) in [7, 11) is 1.78. The largest absolute Gasteiger partial charge is 0.472 e. The highest BCUT2D eigenvalue weighted by molar-refractivity contribution is 5.97. The third-order valence-electron chi connectivity index (χ3n) is 7.67. The van der Waals surface area contributed by atoms with Crippen LogP contribution in [0.4, 0.5) is 4.79 Å². The molecule has 2 aliphatic carbocycles. The van der Waals surface area contributed by atoms with Crippen LogP contribution in [0, 0.1) is 5.92 Å². The van der Waals surface area contributed by atoms with Gasteiger partial charge in [-0.1, -0.05) is 25.8 Å². The number of carbonyl (C=O) groups excluding carboxylic acids is 2. The van der Waals surface area contributed by atoms with E-state index in [4.69, 9.17) is 4.74 Å². The topological polar surface area (TPSA) is 95.0 Å². The zero-order valence-electron chi connectivity index (χ0n) is 21.3. The Bertz CT molecular complexity index is 943. The molecule has 192 valence electrons. The Hall–Kier alpha value is -2.61. The summed E-state index contributed by atoms with van der Waals surface area (Å²) in [6, 6.07) is 1.70. The number of urea groups is 1. The number of aromatic nitrogens is 1. The van der Waals surface area contributed by atoms with Crippen LogP contribution >= 0.6 is 0 Å². The lowest BCUT2D eigenvalue weighted by molar-refractivity contribution is 0.0351. The van der Waals surface area contributed by atoms with Crippen molar-refractivity contribution in [2.45, 2.75) is 83.4 Å². The molecule has 2 heterocycles. The maximum absolute atomic E-state index is 13.6. The molecule has 0 aromatic carbocycles. The van der Waals surface area contributed by atoms with E-state index in [0.717, 1.165) is 50.5 Å². The van der Waals surface area contributed by atoms with Crippen molar-refractivity contribution >= 4 is 17.5 Å². The molecule has 4 rings (SSSR count). The first-order valence-electron chi connectivity index (χ1n) is 13.2. The number of aliphatic hydroxyl groups is 1. The number of hydrogen-bond acceptors (Lipinski definition) is 5. The van der Waals surface area contributed by atoms with Crippen LogP contribution in [0.25, 0.3) is 5.57 Å². The third-order valence-corrected chi connectivity index (χ3v) is 7.67. The van der Waals surface area contributed by atoms with Crippen molar-refractivity contribution in [1.29, 1.82) is 0 Å². The van der Waals surface area contributed by atoms with E-state index < -0.39 is 0 Å². The summed E-state index contributed by atoms with van der Waals surface area (Å²) in [5, 5.41) is 13.0. The highest BCUT2D eigenvalue weighted by Crippen LogP contribution is 2.32. The molecule has 8 nitrogen and oxygen atoms in total. The number of nitrogens with zero attached hydrogens (tertiary/aromatic N) is 3. The molecule has 0 radical (unpaired) electrons. The summed E-state index contributed by atoms with van der Waals surface area (Å²) in [6.45, 7) is 4.55. The van der Waals surface area contributed by atoms with Gasteiger partial charge in [-0.25, -0.2) is 9.78 Å². The molecule has 0 saturated heterocycles. The van der Waals surface area contributed by atoms with Crippen LogP contribution in [0.15, 0.2) is 18.3 Å². The lowest BCUT2D eigenvalue weighted by Gasteiger charge is -2.38. The number of amides is 3. The van der Waals surface area contributed by atoms with Gasteiger partial charge >= 0.3 is 6.03 Å². The minimum Gasteiger partial charge on any atom is -0.472 e. The zero-order chi connectivity index (χ0) is 24.9. The highest BCUT2D eigenvalue weighted by atomic mass is 16.5. The second-order valence-corrected chi connectivity index (χ2v) is 10.5. The molecule has 35 heavy (non-hydrogen) atoms. The van der Waals surface area contributed by atoms with Crippen LogP contribution in [-0.2, 0) is 0 Å². The molecule has 0 spiro atoms. The molecule has 0 unspecified atom stereocenters. The van der Waals surface area contributed by atoms with Crippen molar-refractivity contribution in [2.24, 2.45) is 5.92 Å². The number of rotatable bonds is 6. The first-order chi connectivity index (χ1) is 16.9. The van der Waals surface area contributed by atoms with Gasteiger partial charge in [-0.3, -0.25) is 4.79 Å². The average Bonchev–Trinajstić information content (AvgIpc) is 3.39. The molecule has 1 aliphatic heterocycles. The van der Waals surface area contributed by atoms with Gasteiger partial charge < -0.3 is 25.0 Å². The summed E-state index contributed by atoms with van der Waals surface area (Å²) in [6.07, 6.45) is 12.4. The molecule has 0 bridgehead atoms. The van der Waals surface area contributed by atoms with Crippen molar-refractivity contribution < 1.29 is 19.4 Å². The molecule has 1 fully saturated rings. The number of fused-ring (bicyclic) bond motifs is 1. The SMILES string of the molecule is C[C@@H]1CN([C@H](C)CO)C(=O)c2cc(C3=CCCCC3)cnc2O[C@@H]1CN(C)C(=O)NC1CCCC1. The highest BCUT2D eigenvalue weighted by Gasteiger charge is 2.35. The van der Waals surface area contributed by atoms with Gasteiger partial charge in [0.15, 0.2) is 0 Å². The van der Waals surface area contributed by atoms with Crippen LogP contribution in [0.2, 0.25) is 0 Å². The smallest absolute Gasteiger partial charge is 0.317 e. The van der Waals surface area contributed by atoms with Gasteiger partial charge in [0.25, 0.3) is 5.91 Å². The van der Waals surface area contributed by atoms with Crippen molar-refractivity contribution in [3.05, 3.63) is 29.5 Å². The lowest BCUT2D eigenvalue weighted by atomic mass is 9.93. The monoisotopic (exact) mass is 484 g/mol. The quantitative estimate of drug-likeness (QED) is 0.640. The predicted octanol–water partition coefficient (Wildman–Crippen LogP) is 3.84.